The summed E-state index contributed by atoms with van der Waals surface area (Å²) in [5, 5.41) is 14.2. The molecule has 0 radical (unpaired) electrons. The highest BCUT2D eigenvalue weighted by atomic mass is 16.4. The van der Waals surface area contributed by atoms with Gasteiger partial charge in [-0.2, -0.15) is 0 Å². The third-order valence-corrected chi connectivity index (χ3v) is 3.14. The lowest BCUT2D eigenvalue weighted by atomic mass is 10.1. The molecular weight excluding hydrogens is 260 g/mol. The molecule has 2 amide bonds. The molecule has 0 bridgehead atoms. The Morgan fingerprint density at radius 1 is 1.25 bits per heavy atom. The minimum absolute atomic E-state index is 0.00596. The van der Waals surface area contributed by atoms with Crippen LogP contribution in [0, 0.1) is 0 Å². The predicted octanol–water partition coefficient (Wildman–Crippen LogP) is -0.257. The van der Waals surface area contributed by atoms with Crippen molar-refractivity contribution in [3.63, 3.8) is 0 Å². The molecule has 7 heteroatoms. The van der Waals surface area contributed by atoms with Gasteiger partial charge in [0.25, 0.3) is 5.91 Å². The number of oxime groups is 1. The van der Waals surface area contributed by atoms with Crippen LogP contribution in [0.15, 0.2) is 29.4 Å². The van der Waals surface area contributed by atoms with Gasteiger partial charge in [0.2, 0.25) is 5.91 Å². The van der Waals surface area contributed by atoms with Crippen LogP contribution in [0.25, 0.3) is 0 Å². The molecule has 1 aromatic carbocycles. The number of amidine groups is 1. The number of amides is 2. The van der Waals surface area contributed by atoms with Crippen LogP contribution in [0.4, 0.5) is 0 Å². The van der Waals surface area contributed by atoms with Crippen LogP contribution in [0.3, 0.4) is 0 Å². The molecule has 1 aliphatic rings. The highest BCUT2D eigenvalue weighted by Gasteiger charge is 2.19. The zero-order valence-electron chi connectivity index (χ0n) is 10.9. The number of nitrogens with zero attached hydrogens (tertiary/aromatic N) is 2. The molecule has 0 atom stereocenters. The quantitative estimate of drug-likeness (QED) is 0.299. The first-order chi connectivity index (χ1) is 9.61. The maximum absolute atomic E-state index is 12.3. The molecule has 20 heavy (non-hydrogen) atoms. The minimum Gasteiger partial charge on any atom is -0.409 e. The normalized spacial score (nSPS) is 16.5. The van der Waals surface area contributed by atoms with E-state index in [0.29, 0.717) is 37.2 Å². The van der Waals surface area contributed by atoms with Crippen molar-refractivity contribution in [3.8, 4) is 0 Å². The Balaban J connectivity index is 2.10. The number of hydrogen-bond donors (Lipinski definition) is 3. The van der Waals surface area contributed by atoms with E-state index >= 15 is 0 Å². The molecule has 7 nitrogen and oxygen atoms in total. The van der Waals surface area contributed by atoms with Crippen molar-refractivity contribution >= 4 is 17.6 Å². The molecule has 0 aliphatic carbocycles. The Morgan fingerprint density at radius 2 is 1.90 bits per heavy atom. The fraction of sp³-hybridized carbons (Fsp3) is 0.308. The summed E-state index contributed by atoms with van der Waals surface area (Å²) < 4.78 is 0. The van der Waals surface area contributed by atoms with Crippen LogP contribution in [0.5, 0.6) is 0 Å². The third kappa shape index (κ3) is 3.05. The van der Waals surface area contributed by atoms with Gasteiger partial charge >= 0.3 is 0 Å². The second kappa shape index (κ2) is 6.05. The standard InChI is InChI=1S/C13H16N4O3/c14-12(16-20)9-1-3-10(4-2-9)13(19)17-7-5-11(18)15-6-8-17/h1-4,20H,5-8H2,(H2,14,16)(H,15,18). The van der Waals surface area contributed by atoms with Crippen molar-refractivity contribution in [2.75, 3.05) is 19.6 Å². The van der Waals surface area contributed by atoms with E-state index in [2.05, 4.69) is 10.5 Å². The first-order valence-electron chi connectivity index (χ1n) is 6.26. The number of rotatable bonds is 2. The van der Waals surface area contributed by atoms with Gasteiger partial charge in [-0.25, -0.2) is 0 Å². The molecule has 1 fully saturated rings. The monoisotopic (exact) mass is 276 g/mol. The lowest BCUT2D eigenvalue weighted by Gasteiger charge is -2.19. The van der Waals surface area contributed by atoms with Crippen molar-refractivity contribution in [2.45, 2.75) is 6.42 Å². The SMILES string of the molecule is NC(=NO)c1ccc(C(=O)N2CCNC(=O)CC2)cc1. The molecule has 106 valence electrons. The highest BCUT2D eigenvalue weighted by molar-refractivity contribution is 5.99. The Kier molecular flexibility index (Phi) is 4.19. The average Bonchev–Trinajstić information content (AvgIpc) is 2.70. The largest absolute Gasteiger partial charge is 0.409 e. The fourth-order valence-electron chi connectivity index (χ4n) is 1.99. The molecule has 1 aromatic rings. The topological polar surface area (TPSA) is 108 Å². The molecule has 1 saturated heterocycles. The van der Waals surface area contributed by atoms with Crippen LogP contribution in [-0.4, -0.2) is 47.4 Å². The molecule has 2 rings (SSSR count). The lowest BCUT2D eigenvalue weighted by Crippen LogP contribution is -2.34. The second-order valence-corrected chi connectivity index (χ2v) is 4.45. The molecule has 4 N–H and O–H groups in total. The van der Waals surface area contributed by atoms with Gasteiger partial charge in [0, 0.05) is 37.2 Å². The van der Waals surface area contributed by atoms with Crippen LogP contribution in [0.2, 0.25) is 0 Å². The Labute approximate surface area is 116 Å². The molecule has 1 aliphatic heterocycles. The molecule has 0 saturated carbocycles. The fourth-order valence-corrected chi connectivity index (χ4v) is 1.99. The summed E-state index contributed by atoms with van der Waals surface area (Å²) in [6.07, 6.45) is 0.313. The van der Waals surface area contributed by atoms with Gasteiger partial charge in [-0.1, -0.05) is 17.3 Å². The van der Waals surface area contributed by atoms with E-state index in [1.54, 1.807) is 29.2 Å². The van der Waals surface area contributed by atoms with E-state index in [4.69, 9.17) is 10.9 Å². The molecule has 0 aromatic heterocycles. The maximum atomic E-state index is 12.3. The van der Waals surface area contributed by atoms with Crippen molar-refractivity contribution < 1.29 is 14.8 Å². The number of nitrogens with one attached hydrogen (secondary N) is 1. The highest BCUT2D eigenvalue weighted by Crippen LogP contribution is 2.09. The van der Waals surface area contributed by atoms with Crippen molar-refractivity contribution in [1.82, 2.24) is 10.2 Å². The molecular formula is C13H16N4O3. The summed E-state index contributed by atoms with van der Waals surface area (Å²) in [6, 6.07) is 6.47. The predicted molar refractivity (Wildman–Crippen MR) is 72.5 cm³/mol. The van der Waals surface area contributed by atoms with Gasteiger partial charge in [-0.15, -0.1) is 0 Å². The zero-order chi connectivity index (χ0) is 14.5. The smallest absolute Gasteiger partial charge is 0.253 e. The second-order valence-electron chi connectivity index (χ2n) is 4.45. The van der Waals surface area contributed by atoms with E-state index in [1.165, 1.54) is 0 Å². The summed E-state index contributed by atoms with van der Waals surface area (Å²) in [5.74, 6) is -0.177. The lowest BCUT2D eigenvalue weighted by molar-refractivity contribution is -0.120. The summed E-state index contributed by atoms with van der Waals surface area (Å²) >= 11 is 0. The number of benzene rings is 1. The first-order valence-corrected chi connectivity index (χ1v) is 6.26. The first kappa shape index (κ1) is 13.9. The van der Waals surface area contributed by atoms with Gasteiger partial charge in [-0.05, 0) is 12.1 Å². The zero-order valence-corrected chi connectivity index (χ0v) is 10.9. The molecule has 0 unspecified atom stereocenters. The third-order valence-electron chi connectivity index (χ3n) is 3.14. The van der Waals surface area contributed by atoms with Gasteiger partial charge < -0.3 is 21.2 Å². The Bertz CT molecular complexity index is 539. The molecule has 0 spiro atoms. The minimum atomic E-state index is -0.132. The summed E-state index contributed by atoms with van der Waals surface area (Å²) in [7, 11) is 0. The van der Waals surface area contributed by atoms with Crippen LogP contribution in [0.1, 0.15) is 22.3 Å². The van der Waals surface area contributed by atoms with Crippen molar-refractivity contribution in [3.05, 3.63) is 35.4 Å². The van der Waals surface area contributed by atoms with Crippen LogP contribution < -0.4 is 11.1 Å². The number of hydrogen-bond acceptors (Lipinski definition) is 4. The van der Waals surface area contributed by atoms with Gasteiger partial charge in [0.15, 0.2) is 5.84 Å². The van der Waals surface area contributed by atoms with Crippen LogP contribution in [-0.2, 0) is 4.79 Å². The number of carbonyl (C=O) groups is 2. The van der Waals surface area contributed by atoms with E-state index in [-0.39, 0.29) is 17.6 Å². The summed E-state index contributed by atoms with van der Waals surface area (Å²) in [5.41, 5.74) is 6.50. The van der Waals surface area contributed by atoms with E-state index in [0.717, 1.165) is 0 Å². The van der Waals surface area contributed by atoms with Gasteiger partial charge in [-0.3, -0.25) is 9.59 Å². The van der Waals surface area contributed by atoms with Crippen LogP contribution >= 0.6 is 0 Å². The van der Waals surface area contributed by atoms with Crippen molar-refractivity contribution in [2.24, 2.45) is 10.9 Å². The van der Waals surface area contributed by atoms with E-state index in [1.807, 2.05) is 0 Å². The summed E-state index contributed by atoms with van der Waals surface area (Å²) in [4.78, 5) is 25.2. The van der Waals surface area contributed by atoms with Gasteiger partial charge in [0.1, 0.15) is 0 Å². The Hall–Kier alpha value is -2.57. The number of nitrogens with two attached hydrogens (primary N) is 1. The van der Waals surface area contributed by atoms with E-state index in [9.17, 15) is 9.59 Å². The summed E-state index contributed by atoms with van der Waals surface area (Å²) in [6.45, 7) is 1.37. The average molecular weight is 276 g/mol. The Morgan fingerprint density at radius 3 is 2.55 bits per heavy atom. The van der Waals surface area contributed by atoms with E-state index < -0.39 is 0 Å². The molecule has 1 heterocycles. The van der Waals surface area contributed by atoms with Crippen molar-refractivity contribution in [1.29, 1.82) is 0 Å². The van der Waals surface area contributed by atoms with Gasteiger partial charge in [0.05, 0.1) is 0 Å². The number of carbonyl (C=O) groups excluding carboxylic acids is 2. The maximum Gasteiger partial charge on any atom is 0.253 e.